The number of hydrogen-bond donors (Lipinski definition) is 1. The zero-order valence-electron chi connectivity index (χ0n) is 20.9. The first-order valence-corrected chi connectivity index (χ1v) is 11.7. The van der Waals surface area contributed by atoms with Gasteiger partial charge < -0.3 is 14.8 Å². The Labute approximate surface area is 192 Å². The van der Waals surface area contributed by atoms with E-state index in [1.807, 2.05) is 26.8 Å². The summed E-state index contributed by atoms with van der Waals surface area (Å²) in [6.07, 6.45) is 7.03. The van der Waals surface area contributed by atoms with Crippen molar-refractivity contribution in [2.75, 3.05) is 7.11 Å². The van der Waals surface area contributed by atoms with Crippen molar-refractivity contribution in [1.82, 2.24) is 10.2 Å². The molecule has 1 aliphatic heterocycles. The van der Waals surface area contributed by atoms with Crippen molar-refractivity contribution in [2.24, 2.45) is 17.8 Å². The molecule has 32 heavy (non-hydrogen) atoms. The van der Waals surface area contributed by atoms with Gasteiger partial charge in [-0.05, 0) is 59.3 Å². The number of methoxy groups -OCH3 is 1. The van der Waals surface area contributed by atoms with Crippen LogP contribution in [-0.4, -0.2) is 41.6 Å². The summed E-state index contributed by atoms with van der Waals surface area (Å²) in [5.41, 5.74) is 1.19. The minimum Gasteiger partial charge on any atom is -0.458 e. The van der Waals surface area contributed by atoms with Crippen LogP contribution in [0.1, 0.15) is 80.6 Å². The summed E-state index contributed by atoms with van der Waals surface area (Å²) >= 11 is 0. The number of nitrogens with one attached hydrogen (secondary N) is 1. The topological polar surface area (TPSA) is 84.9 Å². The molecule has 7 heteroatoms. The molecule has 1 aliphatic carbocycles. The van der Waals surface area contributed by atoms with Crippen molar-refractivity contribution in [3.63, 3.8) is 0 Å². The lowest BCUT2D eigenvalue weighted by Crippen LogP contribution is -2.49. The number of rotatable bonds is 5. The molecule has 0 aromatic heterocycles. The number of esters is 1. The molecule has 0 bridgehead atoms. The quantitative estimate of drug-likeness (QED) is 0.603. The number of allylic oxidation sites excluding steroid dienone is 3. The lowest BCUT2D eigenvalue weighted by atomic mass is 9.74. The summed E-state index contributed by atoms with van der Waals surface area (Å²) in [6.45, 7) is 12.8. The minimum atomic E-state index is -0.785. The van der Waals surface area contributed by atoms with Crippen molar-refractivity contribution < 1.29 is 23.9 Å². The highest BCUT2D eigenvalue weighted by Gasteiger charge is 2.39. The van der Waals surface area contributed by atoms with Crippen molar-refractivity contribution in [3.05, 3.63) is 23.0 Å². The largest absolute Gasteiger partial charge is 0.458 e. The lowest BCUT2D eigenvalue weighted by molar-refractivity contribution is -0.159. The average molecular weight is 449 g/mol. The SMILES string of the molecule is COC(=O)N1C(C)=CC(C2CCCCC2)C(C(=O)N[C@H](C(=O)OC(C)(C)C)C(C)C)=C1C. The second kappa shape index (κ2) is 10.5. The molecule has 0 spiro atoms. The van der Waals surface area contributed by atoms with Crippen LogP contribution >= 0.6 is 0 Å². The monoisotopic (exact) mass is 448 g/mol. The Kier molecular flexibility index (Phi) is 8.54. The van der Waals surface area contributed by atoms with E-state index in [0.29, 0.717) is 17.2 Å². The molecule has 0 saturated heterocycles. The molecule has 1 fully saturated rings. The Bertz CT molecular complexity index is 785. The smallest absolute Gasteiger partial charge is 0.418 e. The lowest BCUT2D eigenvalue weighted by Gasteiger charge is -2.38. The normalized spacial score (nSPS) is 21.2. The fourth-order valence-corrected chi connectivity index (χ4v) is 4.68. The fourth-order valence-electron chi connectivity index (χ4n) is 4.68. The first-order valence-electron chi connectivity index (χ1n) is 11.7. The molecule has 2 rings (SSSR count). The van der Waals surface area contributed by atoms with Crippen LogP contribution < -0.4 is 5.32 Å². The molecule has 1 unspecified atom stereocenters. The van der Waals surface area contributed by atoms with E-state index in [4.69, 9.17) is 9.47 Å². The highest BCUT2D eigenvalue weighted by Crippen LogP contribution is 2.40. The third-order valence-corrected chi connectivity index (χ3v) is 6.21. The van der Waals surface area contributed by atoms with Gasteiger partial charge in [-0.25, -0.2) is 9.59 Å². The van der Waals surface area contributed by atoms with E-state index in [-0.39, 0.29) is 17.7 Å². The molecule has 1 heterocycles. The highest BCUT2D eigenvalue weighted by atomic mass is 16.6. The van der Waals surface area contributed by atoms with E-state index >= 15 is 0 Å². The zero-order valence-corrected chi connectivity index (χ0v) is 20.9. The van der Waals surface area contributed by atoms with Gasteiger partial charge in [-0.15, -0.1) is 0 Å². The van der Waals surface area contributed by atoms with E-state index in [2.05, 4.69) is 5.32 Å². The summed E-state index contributed by atoms with van der Waals surface area (Å²) in [5.74, 6) is -0.725. The molecule has 2 aliphatic rings. The molecule has 0 aromatic rings. The second-order valence-corrected chi connectivity index (χ2v) is 10.3. The molecule has 2 amide bonds. The Balaban J connectivity index is 2.41. The van der Waals surface area contributed by atoms with Crippen LogP contribution in [0, 0.1) is 17.8 Å². The third-order valence-electron chi connectivity index (χ3n) is 6.21. The third kappa shape index (κ3) is 6.14. The number of amides is 2. The predicted octanol–water partition coefficient (Wildman–Crippen LogP) is 4.93. The van der Waals surface area contributed by atoms with E-state index in [1.54, 1.807) is 27.7 Å². The van der Waals surface area contributed by atoms with Gasteiger partial charge in [0.1, 0.15) is 11.6 Å². The Morgan fingerprint density at radius 3 is 2.19 bits per heavy atom. The van der Waals surface area contributed by atoms with Crippen molar-refractivity contribution in [1.29, 1.82) is 0 Å². The molecule has 0 radical (unpaired) electrons. The first kappa shape index (κ1) is 25.9. The van der Waals surface area contributed by atoms with Crippen LogP contribution in [0.5, 0.6) is 0 Å². The summed E-state index contributed by atoms with van der Waals surface area (Å²) in [4.78, 5) is 40.3. The van der Waals surface area contributed by atoms with Crippen LogP contribution in [0.4, 0.5) is 4.79 Å². The number of carbonyl (C=O) groups is 3. The molecule has 180 valence electrons. The van der Waals surface area contributed by atoms with Crippen molar-refractivity contribution in [3.8, 4) is 0 Å². The van der Waals surface area contributed by atoms with Crippen LogP contribution in [0.2, 0.25) is 0 Å². The molecular formula is C25H40N2O5. The van der Waals surface area contributed by atoms with Crippen molar-refractivity contribution in [2.45, 2.75) is 92.2 Å². The standard InChI is InChI=1S/C25H40N2O5/c1-15(2)21(23(29)32-25(5,6)7)26-22(28)20-17(4)27(24(30)31-8)16(3)14-19(20)18-12-10-9-11-13-18/h14-15,18-19,21H,9-13H2,1-8H3,(H,26,28)/t19?,21-/m0/s1. The number of hydrogen-bond acceptors (Lipinski definition) is 5. The average Bonchev–Trinajstić information content (AvgIpc) is 2.70. The van der Waals surface area contributed by atoms with Crippen LogP contribution in [0.15, 0.2) is 23.0 Å². The molecule has 1 saturated carbocycles. The van der Waals surface area contributed by atoms with Crippen molar-refractivity contribution >= 4 is 18.0 Å². The van der Waals surface area contributed by atoms with E-state index in [0.717, 1.165) is 31.4 Å². The van der Waals surface area contributed by atoms with Gasteiger partial charge >= 0.3 is 12.1 Å². The zero-order chi connectivity index (χ0) is 24.2. The Morgan fingerprint density at radius 1 is 1.09 bits per heavy atom. The number of ether oxygens (including phenoxy) is 2. The fraction of sp³-hybridized carbons (Fsp3) is 0.720. The predicted molar refractivity (Wildman–Crippen MR) is 123 cm³/mol. The molecule has 2 atom stereocenters. The molecular weight excluding hydrogens is 408 g/mol. The minimum absolute atomic E-state index is 0.109. The van der Waals surface area contributed by atoms with Gasteiger partial charge in [-0.2, -0.15) is 0 Å². The molecule has 7 nitrogen and oxygen atoms in total. The van der Waals surface area contributed by atoms with Crippen LogP contribution in [0.3, 0.4) is 0 Å². The highest BCUT2D eigenvalue weighted by molar-refractivity contribution is 5.98. The van der Waals surface area contributed by atoms with Gasteiger partial charge in [0, 0.05) is 22.9 Å². The van der Waals surface area contributed by atoms with Gasteiger partial charge in [0.05, 0.1) is 7.11 Å². The van der Waals surface area contributed by atoms with E-state index in [9.17, 15) is 14.4 Å². The maximum atomic E-state index is 13.6. The van der Waals surface area contributed by atoms with Gasteiger partial charge in [-0.3, -0.25) is 9.69 Å². The van der Waals surface area contributed by atoms with Crippen LogP contribution in [0.25, 0.3) is 0 Å². The first-order chi connectivity index (χ1) is 14.9. The summed E-state index contributed by atoms with van der Waals surface area (Å²) in [7, 11) is 1.33. The summed E-state index contributed by atoms with van der Waals surface area (Å²) in [5, 5.41) is 2.92. The maximum absolute atomic E-state index is 13.6. The Morgan fingerprint density at radius 2 is 1.69 bits per heavy atom. The van der Waals surface area contributed by atoms with Gasteiger partial charge in [0.25, 0.3) is 0 Å². The summed E-state index contributed by atoms with van der Waals surface area (Å²) in [6, 6.07) is -0.785. The van der Waals surface area contributed by atoms with Gasteiger partial charge in [0.15, 0.2) is 0 Å². The summed E-state index contributed by atoms with van der Waals surface area (Å²) < 4.78 is 10.5. The van der Waals surface area contributed by atoms with Gasteiger partial charge in [-0.1, -0.05) is 39.2 Å². The van der Waals surface area contributed by atoms with Gasteiger partial charge in [0.2, 0.25) is 5.91 Å². The number of nitrogens with zero attached hydrogens (tertiary/aromatic N) is 1. The van der Waals surface area contributed by atoms with E-state index in [1.165, 1.54) is 18.4 Å². The van der Waals surface area contributed by atoms with Crippen LogP contribution in [-0.2, 0) is 19.1 Å². The number of carbonyl (C=O) groups excluding carboxylic acids is 3. The maximum Gasteiger partial charge on any atom is 0.418 e. The molecule has 1 N–H and O–H groups in total. The van der Waals surface area contributed by atoms with E-state index < -0.39 is 23.7 Å². The second-order valence-electron chi connectivity index (χ2n) is 10.3. The molecule has 0 aromatic carbocycles. The Hall–Kier alpha value is -2.31.